The molecule has 1 aromatic heterocycles. The zero-order valence-corrected chi connectivity index (χ0v) is 17.7. The average molecular weight is 496 g/mol. The van der Waals surface area contributed by atoms with E-state index in [9.17, 15) is 22.8 Å². The Morgan fingerprint density at radius 1 is 1.28 bits per heavy atom. The summed E-state index contributed by atoms with van der Waals surface area (Å²) in [6, 6.07) is 0.682. The van der Waals surface area contributed by atoms with Gasteiger partial charge in [0.05, 0.1) is 16.0 Å². The fourth-order valence-corrected chi connectivity index (χ4v) is 7.19. The third-order valence-corrected chi connectivity index (χ3v) is 7.40. The van der Waals surface area contributed by atoms with Crippen molar-refractivity contribution in [2.75, 3.05) is 11.9 Å². The van der Waals surface area contributed by atoms with E-state index in [1.807, 2.05) is 0 Å². The molecule has 4 bridgehead atoms. The van der Waals surface area contributed by atoms with Crippen molar-refractivity contribution in [2.45, 2.75) is 49.0 Å². The largest absolute Gasteiger partial charge is 0.455 e. The lowest BCUT2D eigenvalue weighted by atomic mass is 9.49. The number of halogens is 5. The number of nitrogens with one attached hydrogen (secondary N) is 1. The molecule has 158 valence electrons. The topological polar surface area (TPSA) is 68.3 Å². The summed E-state index contributed by atoms with van der Waals surface area (Å²) in [6.07, 6.45) is 1.54. The molecule has 1 amide bonds. The zero-order chi connectivity index (χ0) is 21.0. The quantitative estimate of drug-likeness (QED) is 0.473. The Morgan fingerprint density at radius 3 is 2.48 bits per heavy atom. The molecule has 0 aliphatic heterocycles. The van der Waals surface area contributed by atoms with E-state index >= 15 is 0 Å². The van der Waals surface area contributed by atoms with Crippen LogP contribution >= 0.6 is 27.5 Å². The van der Waals surface area contributed by atoms with Crippen LogP contribution in [0.15, 0.2) is 12.3 Å². The number of pyridine rings is 1. The SMILES string of the molecule is O=C(COC(=O)C12C[C@H]3C[C@@H](CC(Br)(C3)C1)C2)Nc1ncc(C(F)(F)F)cc1Cl. The van der Waals surface area contributed by atoms with Crippen molar-refractivity contribution in [2.24, 2.45) is 17.3 Å². The molecule has 4 fully saturated rings. The molecular formula is C19H19BrClF3N2O3. The van der Waals surface area contributed by atoms with Crippen LogP contribution in [-0.4, -0.2) is 27.8 Å². The van der Waals surface area contributed by atoms with Crippen LogP contribution in [0.3, 0.4) is 0 Å². The predicted molar refractivity (Wildman–Crippen MR) is 103 cm³/mol. The maximum atomic E-state index is 12.8. The van der Waals surface area contributed by atoms with Gasteiger partial charge in [-0.2, -0.15) is 13.2 Å². The van der Waals surface area contributed by atoms with Gasteiger partial charge in [-0.25, -0.2) is 4.98 Å². The molecule has 0 spiro atoms. The Kier molecular flexibility index (Phi) is 5.13. The first-order valence-corrected chi connectivity index (χ1v) is 10.5. The Bertz CT molecular complexity index is 850. The number of hydrogen-bond acceptors (Lipinski definition) is 4. The molecule has 2 atom stereocenters. The maximum Gasteiger partial charge on any atom is 0.417 e. The molecule has 5 rings (SSSR count). The van der Waals surface area contributed by atoms with E-state index < -0.39 is 29.7 Å². The van der Waals surface area contributed by atoms with Gasteiger partial charge in [-0.15, -0.1) is 0 Å². The molecule has 10 heteroatoms. The number of rotatable bonds is 4. The predicted octanol–water partition coefficient (Wildman–Crippen LogP) is 4.97. The third-order valence-electron chi connectivity index (χ3n) is 6.18. The first-order chi connectivity index (χ1) is 13.5. The maximum absolute atomic E-state index is 12.8. The van der Waals surface area contributed by atoms with Gasteiger partial charge in [0.15, 0.2) is 12.4 Å². The normalized spacial score (nSPS) is 32.9. The van der Waals surface area contributed by atoms with Crippen LogP contribution in [0.25, 0.3) is 0 Å². The molecule has 1 heterocycles. The standard InChI is InChI=1S/C19H19BrClF3N2O3/c20-18-5-10-1-11(6-18)4-17(3-10,9-18)16(28)29-8-14(27)26-15-13(21)2-12(7-25-15)19(22,23)24/h2,7,10-11H,1,3-6,8-9H2,(H,25,26,27)/t10-,11-,17?,18?/m1/s1. The second-order valence-corrected chi connectivity index (χ2v) is 10.7. The molecule has 1 N–H and O–H groups in total. The van der Waals surface area contributed by atoms with Gasteiger partial charge in [0.2, 0.25) is 0 Å². The van der Waals surface area contributed by atoms with Crippen molar-refractivity contribution in [3.05, 3.63) is 22.8 Å². The molecule has 1 aromatic rings. The highest BCUT2D eigenvalue weighted by molar-refractivity contribution is 9.10. The Labute approximate surface area is 178 Å². The Balaban J connectivity index is 1.36. The van der Waals surface area contributed by atoms with Crippen LogP contribution in [0, 0.1) is 17.3 Å². The highest BCUT2D eigenvalue weighted by Gasteiger charge is 2.60. The number of amides is 1. The van der Waals surface area contributed by atoms with Crippen LogP contribution in [-0.2, 0) is 20.5 Å². The summed E-state index contributed by atoms with van der Waals surface area (Å²) in [5.41, 5.74) is -1.57. The number of ether oxygens (including phenoxy) is 1. The summed E-state index contributed by atoms with van der Waals surface area (Å²) >= 11 is 9.60. The average Bonchev–Trinajstić information content (AvgIpc) is 2.58. The van der Waals surface area contributed by atoms with Crippen molar-refractivity contribution < 1.29 is 27.5 Å². The van der Waals surface area contributed by atoms with Gasteiger partial charge in [-0.3, -0.25) is 9.59 Å². The lowest BCUT2D eigenvalue weighted by Crippen LogP contribution is -2.56. The second-order valence-electron chi connectivity index (χ2n) is 8.57. The molecule has 0 saturated heterocycles. The van der Waals surface area contributed by atoms with Gasteiger partial charge in [0.25, 0.3) is 5.91 Å². The van der Waals surface area contributed by atoms with E-state index in [1.54, 1.807) is 0 Å². The first kappa shape index (κ1) is 20.9. The summed E-state index contributed by atoms with van der Waals surface area (Å²) in [5.74, 6) is -0.308. The monoisotopic (exact) mass is 494 g/mol. The lowest BCUT2D eigenvalue weighted by Gasteiger charge is -2.58. The van der Waals surface area contributed by atoms with Gasteiger partial charge < -0.3 is 10.1 Å². The van der Waals surface area contributed by atoms with Crippen LogP contribution in [0.5, 0.6) is 0 Å². The van der Waals surface area contributed by atoms with Crippen molar-refractivity contribution in [3.8, 4) is 0 Å². The highest BCUT2D eigenvalue weighted by Crippen LogP contribution is 2.64. The van der Waals surface area contributed by atoms with Crippen LogP contribution in [0.2, 0.25) is 5.02 Å². The third kappa shape index (κ3) is 4.13. The molecule has 0 unspecified atom stereocenters. The van der Waals surface area contributed by atoms with Crippen molar-refractivity contribution in [1.29, 1.82) is 0 Å². The molecule has 5 nitrogen and oxygen atoms in total. The van der Waals surface area contributed by atoms with Crippen LogP contribution < -0.4 is 5.32 Å². The summed E-state index contributed by atoms with van der Waals surface area (Å²) in [7, 11) is 0. The number of alkyl halides is 4. The van der Waals surface area contributed by atoms with E-state index in [4.69, 9.17) is 16.3 Å². The molecular weight excluding hydrogens is 477 g/mol. The number of carbonyl (C=O) groups excluding carboxylic acids is 2. The smallest absolute Gasteiger partial charge is 0.417 e. The second kappa shape index (κ2) is 7.11. The fraction of sp³-hybridized carbons (Fsp3) is 0.632. The molecule has 0 aromatic carbocycles. The number of anilines is 1. The highest BCUT2D eigenvalue weighted by atomic mass is 79.9. The van der Waals surface area contributed by atoms with Gasteiger partial charge in [-0.1, -0.05) is 27.5 Å². The number of carbonyl (C=O) groups is 2. The molecule has 29 heavy (non-hydrogen) atoms. The number of nitrogens with zero attached hydrogens (tertiary/aromatic N) is 1. The van der Waals surface area contributed by atoms with E-state index in [2.05, 4.69) is 26.2 Å². The lowest BCUT2D eigenvalue weighted by molar-refractivity contribution is -0.170. The first-order valence-electron chi connectivity index (χ1n) is 9.37. The van der Waals surface area contributed by atoms with Crippen molar-refractivity contribution in [3.63, 3.8) is 0 Å². The minimum absolute atomic E-state index is 0.0178. The summed E-state index contributed by atoms with van der Waals surface area (Å²) in [4.78, 5) is 28.5. The van der Waals surface area contributed by atoms with E-state index in [1.165, 1.54) is 0 Å². The van der Waals surface area contributed by atoms with Crippen molar-refractivity contribution >= 4 is 45.2 Å². The zero-order valence-electron chi connectivity index (χ0n) is 15.3. The van der Waals surface area contributed by atoms with Gasteiger partial charge in [-0.05, 0) is 56.4 Å². The van der Waals surface area contributed by atoms with Crippen molar-refractivity contribution in [1.82, 2.24) is 4.98 Å². The summed E-state index contributed by atoms with van der Waals surface area (Å²) < 4.78 is 43.3. The molecule has 4 aliphatic carbocycles. The van der Waals surface area contributed by atoms with E-state index in [0.717, 1.165) is 32.1 Å². The Hall–Kier alpha value is -1.35. The fourth-order valence-electron chi connectivity index (χ4n) is 5.53. The Morgan fingerprint density at radius 2 is 1.93 bits per heavy atom. The summed E-state index contributed by atoms with van der Waals surface area (Å²) in [5, 5.41) is 1.94. The van der Waals surface area contributed by atoms with E-state index in [-0.39, 0.29) is 21.1 Å². The minimum Gasteiger partial charge on any atom is -0.455 e. The number of hydrogen-bond donors (Lipinski definition) is 1. The molecule has 4 saturated carbocycles. The van der Waals surface area contributed by atoms with Gasteiger partial charge >= 0.3 is 12.1 Å². The molecule has 4 aliphatic rings. The van der Waals surface area contributed by atoms with E-state index in [0.29, 0.717) is 30.5 Å². The minimum atomic E-state index is -4.58. The van der Waals surface area contributed by atoms with Crippen LogP contribution in [0.4, 0.5) is 19.0 Å². The van der Waals surface area contributed by atoms with Gasteiger partial charge in [0.1, 0.15) is 0 Å². The summed E-state index contributed by atoms with van der Waals surface area (Å²) in [6.45, 7) is -0.537. The van der Waals surface area contributed by atoms with Gasteiger partial charge in [0, 0.05) is 10.5 Å². The molecule has 0 radical (unpaired) electrons. The number of aromatic nitrogens is 1. The number of esters is 1. The van der Waals surface area contributed by atoms with Crippen LogP contribution in [0.1, 0.15) is 44.1 Å².